The molecule has 32 heavy (non-hydrogen) atoms. The molecule has 8 heteroatoms. The van der Waals surface area contributed by atoms with Gasteiger partial charge in [-0.05, 0) is 63.4 Å². The summed E-state index contributed by atoms with van der Waals surface area (Å²) in [5.41, 5.74) is 3.10. The van der Waals surface area contributed by atoms with Gasteiger partial charge in [-0.25, -0.2) is 4.57 Å². The van der Waals surface area contributed by atoms with E-state index < -0.39 is 0 Å². The lowest BCUT2D eigenvalue weighted by Gasteiger charge is -2.24. The van der Waals surface area contributed by atoms with Crippen molar-refractivity contribution in [2.45, 2.75) is 51.7 Å². The van der Waals surface area contributed by atoms with Crippen molar-refractivity contribution >= 4 is 34.3 Å². The molecule has 4 aromatic rings. The van der Waals surface area contributed by atoms with Gasteiger partial charge < -0.3 is 5.32 Å². The van der Waals surface area contributed by atoms with Gasteiger partial charge in [0.15, 0.2) is 5.16 Å². The zero-order chi connectivity index (χ0) is 23.0. The van der Waals surface area contributed by atoms with Crippen molar-refractivity contribution in [2.24, 2.45) is 0 Å². The summed E-state index contributed by atoms with van der Waals surface area (Å²) in [5.74, 6) is 0.575. The van der Waals surface area contributed by atoms with Crippen LogP contribution in [0.3, 0.4) is 0 Å². The van der Waals surface area contributed by atoms with Crippen LogP contribution in [0.4, 0.5) is 0 Å². The Labute approximate surface area is 190 Å². The average molecular weight is 450 g/mol. The molecule has 4 rings (SSSR count). The van der Waals surface area contributed by atoms with Crippen molar-refractivity contribution < 1.29 is 4.79 Å². The van der Waals surface area contributed by atoms with E-state index in [9.17, 15) is 9.59 Å². The third kappa shape index (κ3) is 4.02. The van der Waals surface area contributed by atoms with Gasteiger partial charge in [0.2, 0.25) is 11.7 Å². The second-order valence-corrected chi connectivity index (χ2v) is 9.58. The highest BCUT2D eigenvalue weighted by molar-refractivity contribution is 7.99. The number of aryl methyl sites for hydroxylation is 2. The fourth-order valence-corrected chi connectivity index (χ4v) is 4.32. The van der Waals surface area contributed by atoms with Gasteiger partial charge in [-0.15, -0.1) is 10.2 Å². The maximum absolute atomic E-state index is 13.5. The van der Waals surface area contributed by atoms with Gasteiger partial charge in [-0.2, -0.15) is 0 Å². The largest absolute Gasteiger partial charge is 0.351 e. The first kappa shape index (κ1) is 22.1. The molecule has 2 aromatic heterocycles. The summed E-state index contributed by atoms with van der Waals surface area (Å²) < 4.78 is 3.48. The number of nitrogens with zero attached hydrogens (tertiary/aromatic N) is 4. The summed E-state index contributed by atoms with van der Waals surface area (Å²) in [6.45, 7) is 10.0. The predicted octanol–water partition coefficient (Wildman–Crippen LogP) is 4.05. The fraction of sp³-hybridized carbons (Fsp3) is 0.333. The molecule has 0 saturated carbocycles. The highest BCUT2D eigenvalue weighted by Crippen LogP contribution is 2.24. The summed E-state index contributed by atoms with van der Waals surface area (Å²) in [6.07, 6.45) is 0.837. The van der Waals surface area contributed by atoms with Crippen LogP contribution in [-0.2, 0) is 4.79 Å². The van der Waals surface area contributed by atoms with Gasteiger partial charge in [0.25, 0.3) is 5.56 Å². The van der Waals surface area contributed by atoms with Crippen molar-refractivity contribution in [3.05, 3.63) is 63.9 Å². The van der Waals surface area contributed by atoms with E-state index in [1.165, 1.54) is 11.8 Å². The van der Waals surface area contributed by atoms with Gasteiger partial charge in [0, 0.05) is 5.54 Å². The van der Waals surface area contributed by atoms with Gasteiger partial charge in [-0.1, -0.05) is 43.0 Å². The second kappa shape index (κ2) is 8.43. The minimum absolute atomic E-state index is 0.0641. The lowest BCUT2D eigenvalue weighted by atomic mass is 10.0. The van der Waals surface area contributed by atoms with Crippen LogP contribution >= 0.6 is 11.8 Å². The van der Waals surface area contributed by atoms with E-state index in [4.69, 9.17) is 0 Å². The molecule has 0 spiro atoms. The van der Waals surface area contributed by atoms with Crippen LogP contribution < -0.4 is 10.9 Å². The third-order valence-corrected chi connectivity index (χ3v) is 6.62. The molecule has 0 aliphatic carbocycles. The predicted molar refractivity (Wildman–Crippen MR) is 129 cm³/mol. The number of hydrogen-bond acceptors (Lipinski definition) is 5. The van der Waals surface area contributed by atoms with Gasteiger partial charge in [-0.3, -0.25) is 14.0 Å². The molecule has 0 saturated heterocycles. The number of aromatic nitrogens is 4. The molecular weight excluding hydrogens is 422 g/mol. The highest BCUT2D eigenvalue weighted by atomic mass is 32.2. The number of hydrogen-bond donors (Lipinski definition) is 1. The van der Waals surface area contributed by atoms with Crippen LogP contribution in [0.5, 0.6) is 0 Å². The normalized spacial score (nSPS) is 11.9. The van der Waals surface area contributed by atoms with E-state index >= 15 is 0 Å². The second-order valence-electron chi connectivity index (χ2n) is 8.64. The molecule has 7 nitrogen and oxygen atoms in total. The Morgan fingerprint density at radius 3 is 2.62 bits per heavy atom. The first-order valence-electron chi connectivity index (χ1n) is 10.6. The summed E-state index contributed by atoms with van der Waals surface area (Å²) in [7, 11) is 0. The van der Waals surface area contributed by atoms with Crippen LogP contribution in [0.15, 0.2) is 52.4 Å². The average Bonchev–Trinajstić information content (AvgIpc) is 3.18. The SMILES string of the molecule is CCC(C)(C)NC(=O)CSc1nnc2n(-c3cc(C)ccc3C)c(=O)c3ccccc3n12. The molecule has 0 atom stereocenters. The molecular formula is C24H27N5O2S. The molecule has 0 radical (unpaired) electrons. The Morgan fingerprint density at radius 1 is 1.12 bits per heavy atom. The molecule has 0 bridgehead atoms. The minimum atomic E-state index is -0.263. The van der Waals surface area contributed by atoms with Crippen molar-refractivity contribution in [1.29, 1.82) is 0 Å². The molecule has 1 N–H and O–H groups in total. The van der Waals surface area contributed by atoms with Crippen molar-refractivity contribution in [2.75, 3.05) is 5.75 Å². The van der Waals surface area contributed by atoms with E-state index in [1.54, 1.807) is 4.57 Å². The van der Waals surface area contributed by atoms with Crippen molar-refractivity contribution in [3.8, 4) is 5.69 Å². The molecule has 0 aliphatic rings. The summed E-state index contributed by atoms with van der Waals surface area (Å²) in [6, 6.07) is 13.4. The van der Waals surface area contributed by atoms with Crippen molar-refractivity contribution in [3.63, 3.8) is 0 Å². The molecule has 2 heterocycles. The van der Waals surface area contributed by atoms with Crippen LogP contribution in [0.1, 0.15) is 38.3 Å². The van der Waals surface area contributed by atoms with E-state index in [0.29, 0.717) is 16.3 Å². The number of amides is 1. The number of rotatable bonds is 6. The Kier molecular flexibility index (Phi) is 5.81. The third-order valence-electron chi connectivity index (χ3n) is 5.69. The summed E-state index contributed by atoms with van der Waals surface area (Å²) in [4.78, 5) is 26.0. The molecule has 166 valence electrons. The summed E-state index contributed by atoms with van der Waals surface area (Å²) >= 11 is 1.31. The minimum Gasteiger partial charge on any atom is -0.351 e. The van der Waals surface area contributed by atoms with Crippen LogP contribution in [0, 0.1) is 13.8 Å². The first-order valence-corrected chi connectivity index (χ1v) is 11.6. The molecule has 0 fully saturated rings. The van der Waals surface area contributed by atoms with Crippen molar-refractivity contribution in [1.82, 2.24) is 24.5 Å². The van der Waals surface area contributed by atoms with E-state index in [1.807, 2.05) is 81.5 Å². The number of thioether (sulfide) groups is 1. The van der Waals surface area contributed by atoms with Crippen LogP contribution in [0.2, 0.25) is 0 Å². The number of nitrogens with one attached hydrogen (secondary N) is 1. The van der Waals surface area contributed by atoms with E-state index in [0.717, 1.165) is 28.8 Å². The Hall–Kier alpha value is -3.13. The lowest BCUT2D eigenvalue weighted by molar-refractivity contribution is -0.120. The van der Waals surface area contributed by atoms with Crippen LogP contribution in [-0.4, -0.2) is 36.4 Å². The summed E-state index contributed by atoms with van der Waals surface area (Å²) in [5, 5.41) is 12.9. The van der Waals surface area contributed by atoms with Gasteiger partial charge in [0.1, 0.15) is 0 Å². The Morgan fingerprint density at radius 2 is 1.88 bits per heavy atom. The lowest BCUT2D eigenvalue weighted by Crippen LogP contribution is -2.43. The molecule has 2 aromatic carbocycles. The highest BCUT2D eigenvalue weighted by Gasteiger charge is 2.21. The number of para-hydroxylation sites is 1. The molecule has 0 aliphatic heterocycles. The zero-order valence-corrected chi connectivity index (χ0v) is 19.8. The maximum atomic E-state index is 13.5. The van der Waals surface area contributed by atoms with E-state index in [-0.39, 0.29) is 22.8 Å². The monoisotopic (exact) mass is 449 g/mol. The molecule has 1 amide bonds. The first-order chi connectivity index (χ1) is 15.2. The number of benzene rings is 2. The smallest absolute Gasteiger partial charge is 0.267 e. The van der Waals surface area contributed by atoms with Gasteiger partial charge >= 0.3 is 0 Å². The Balaban J connectivity index is 1.86. The van der Waals surface area contributed by atoms with Gasteiger partial charge in [0.05, 0.1) is 22.3 Å². The maximum Gasteiger partial charge on any atom is 0.267 e. The van der Waals surface area contributed by atoms with E-state index in [2.05, 4.69) is 15.5 Å². The quantitative estimate of drug-likeness (QED) is 0.449. The standard InChI is InChI=1S/C24H27N5O2S/c1-6-24(4,5)25-20(30)14-32-23-27-26-22-28(19-13-15(2)11-12-16(19)3)21(31)17-9-7-8-10-18(17)29(22)23/h7-13H,6,14H2,1-5H3,(H,25,30). The zero-order valence-electron chi connectivity index (χ0n) is 19.0. The fourth-order valence-electron chi connectivity index (χ4n) is 3.58. The molecule has 0 unspecified atom stereocenters. The number of carbonyl (C=O) groups is 1. The topological polar surface area (TPSA) is 81.3 Å². The number of fused-ring (bicyclic) bond motifs is 3. The van der Waals surface area contributed by atoms with Crippen LogP contribution in [0.25, 0.3) is 22.4 Å². The number of carbonyl (C=O) groups excluding carboxylic acids is 1. The Bertz CT molecular complexity index is 1390.